The van der Waals surface area contributed by atoms with Gasteiger partial charge < -0.3 is 14.6 Å². The molecule has 0 atom stereocenters. The van der Waals surface area contributed by atoms with Crippen molar-refractivity contribution in [3.05, 3.63) is 29.3 Å². The van der Waals surface area contributed by atoms with Gasteiger partial charge in [-0.15, -0.1) is 0 Å². The molecule has 2 aliphatic heterocycles. The van der Waals surface area contributed by atoms with Crippen molar-refractivity contribution >= 4 is 12.6 Å². The average molecular weight is 355 g/mol. The molecule has 2 saturated heterocycles. The van der Waals surface area contributed by atoms with Crippen LogP contribution in [-0.2, 0) is 15.5 Å². The highest BCUT2D eigenvalue weighted by atomic mass is 19.4. The first-order chi connectivity index (χ1) is 11.5. The summed E-state index contributed by atoms with van der Waals surface area (Å²) in [4.78, 5) is 0. The third-order valence-electron chi connectivity index (χ3n) is 5.69. The zero-order chi connectivity index (χ0) is 18.5. The molecule has 2 heterocycles. The molecule has 7 heteroatoms. The molecule has 1 aromatic carbocycles. The van der Waals surface area contributed by atoms with Crippen molar-refractivity contribution in [2.45, 2.75) is 63.8 Å². The summed E-state index contributed by atoms with van der Waals surface area (Å²) in [6.07, 6.45) is -2.94. The summed E-state index contributed by atoms with van der Waals surface area (Å²) in [5.74, 6) is -0.0970. The van der Waals surface area contributed by atoms with Crippen molar-refractivity contribution in [3.8, 4) is 0 Å². The maximum Gasteiger partial charge on any atom is 0.494 e. The van der Waals surface area contributed by atoms with E-state index in [0.717, 1.165) is 13.1 Å². The summed E-state index contributed by atoms with van der Waals surface area (Å²) in [6.45, 7) is 9.22. The van der Waals surface area contributed by atoms with E-state index >= 15 is 0 Å². The van der Waals surface area contributed by atoms with Crippen molar-refractivity contribution in [2.24, 2.45) is 0 Å². The Kier molecular flexibility index (Phi) is 4.71. The lowest BCUT2D eigenvalue weighted by Crippen LogP contribution is -2.41. The standard InChI is InChI=1S/C18H25BF3NO2/c1-16(2)17(3,4)25-19(24-16)13-5-6-15(18(20,21)22)14(11-13)12-7-9-23-10-8-12/h5-6,11-12,23H,7-10H2,1-4H3. The number of benzene rings is 1. The molecular weight excluding hydrogens is 330 g/mol. The van der Waals surface area contributed by atoms with Crippen LogP contribution in [0.1, 0.15) is 57.6 Å². The molecule has 0 amide bonds. The Morgan fingerprint density at radius 1 is 1.04 bits per heavy atom. The summed E-state index contributed by atoms with van der Waals surface area (Å²) in [6, 6.07) is 4.30. The van der Waals surface area contributed by atoms with E-state index in [1.807, 2.05) is 27.7 Å². The molecule has 1 N–H and O–H groups in total. The molecule has 0 aliphatic carbocycles. The number of hydrogen-bond donors (Lipinski definition) is 1. The minimum absolute atomic E-state index is 0.0970. The molecule has 0 bridgehead atoms. The fourth-order valence-corrected chi connectivity index (χ4v) is 3.44. The van der Waals surface area contributed by atoms with Gasteiger partial charge in [-0.1, -0.05) is 18.2 Å². The lowest BCUT2D eigenvalue weighted by atomic mass is 9.75. The largest absolute Gasteiger partial charge is 0.494 e. The van der Waals surface area contributed by atoms with Gasteiger partial charge in [0, 0.05) is 0 Å². The molecule has 0 radical (unpaired) electrons. The molecular formula is C18H25BF3NO2. The summed E-state index contributed by atoms with van der Waals surface area (Å²) < 4.78 is 52.4. The lowest BCUT2D eigenvalue weighted by molar-refractivity contribution is -0.138. The number of halogens is 3. The number of piperidine rings is 1. The zero-order valence-electron chi connectivity index (χ0n) is 15.2. The van der Waals surface area contributed by atoms with Gasteiger partial charge in [-0.25, -0.2) is 0 Å². The van der Waals surface area contributed by atoms with Gasteiger partial charge in [0.25, 0.3) is 0 Å². The summed E-state index contributed by atoms with van der Waals surface area (Å²) in [7, 11) is -0.646. The number of nitrogens with one attached hydrogen (secondary N) is 1. The second kappa shape index (κ2) is 6.29. The van der Waals surface area contributed by atoms with Gasteiger partial charge in [-0.2, -0.15) is 13.2 Å². The van der Waals surface area contributed by atoms with Gasteiger partial charge in [-0.05, 0) is 70.6 Å². The van der Waals surface area contributed by atoms with Crippen LogP contribution in [0.25, 0.3) is 0 Å². The Morgan fingerprint density at radius 2 is 1.60 bits per heavy atom. The summed E-state index contributed by atoms with van der Waals surface area (Å²) in [5, 5.41) is 3.20. The van der Waals surface area contributed by atoms with E-state index in [1.165, 1.54) is 12.1 Å². The highest BCUT2D eigenvalue weighted by molar-refractivity contribution is 6.62. The SMILES string of the molecule is CC1(C)OB(c2ccc(C(F)(F)F)c(C3CCNCC3)c2)OC1(C)C. The minimum atomic E-state index is -4.35. The number of alkyl halides is 3. The first kappa shape index (κ1) is 18.7. The Morgan fingerprint density at radius 3 is 2.12 bits per heavy atom. The van der Waals surface area contributed by atoms with E-state index in [4.69, 9.17) is 9.31 Å². The molecule has 0 spiro atoms. The summed E-state index contributed by atoms with van der Waals surface area (Å²) >= 11 is 0. The van der Waals surface area contributed by atoms with Gasteiger partial charge in [-0.3, -0.25) is 0 Å². The van der Waals surface area contributed by atoms with Crippen LogP contribution in [0.3, 0.4) is 0 Å². The van der Waals surface area contributed by atoms with E-state index in [9.17, 15) is 13.2 Å². The highest BCUT2D eigenvalue weighted by Gasteiger charge is 2.52. The topological polar surface area (TPSA) is 30.5 Å². The van der Waals surface area contributed by atoms with E-state index in [0.29, 0.717) is 23.9 Å². The molecule has 138 valence electrons. The lowest BCUT2D eigenvalue weighted by Gasteiger charge is -2.32. The van der Waals surface area contributed by atoms with Gasteiger partial charge in [0.05, 0.1) is 16.8 Å². The predicted molar refractivity (Wildman–Crippen MR) is 92.0 cm³/mol. The Hall–Kier alpha value is -1.05. The second-order valence-corrected chi connectivity index (χ2v) is 7.96. The van der Waals surface area contributed by atoms with Crippen LogP contribution in [0.4, 0.5) is 13.2 Å². The highest BCUT2D eigenvalue weighted by Crippen LogP contribution is 2.39. The van der Waals surface area contributed by atoms with E-state index in [-0.39, 0.29) is 5.92 Å². The fourth-order valence-electron chi connectivity index (χ4n) is 3.44. The van der Waals surface area contributed by atoms with Crippen molar-refractivity contribution in [1.82, 2.24) is 5.32 Å². The Bertz CT molecular complexity index is 624. The van der Waals surface area contributed by atoms with Crippen LogP contribution in [0.15, 0.2) is 18.2 Å². The van der Waals surface area contributed by atoms with Gasteiger partial charge in [0.2, 0.25) is 0 Å². The van der Waals surface area contributed by atoms with Crippen LogP contribution in [0.2, 0.25) is 0 Å². The Balaban J connectivity index is 1.97. The monoisotopic (exact) mass is 355 g/mol. The maximum atomic E-state index is 13.5. The molecule has 25 heavy (non-hydrogen) atoms. The molecule has 0 saturated carbocycles. The summed E-state index contributed by atoms with van der Waals surface area (Å²) in [5.41, 5.74) is -0.564. The van der Waals surface area contributed by atoms with Gasteiger partial charge in [0.15, 0.2) is 0 Å². The minimum Gasteiger partial charge on any atom is -0.399 e. The third kappa shape index (κ3) is 3.59. The smallest absolute Gasteiger partial charge is 0.399 e. The quantitative estimate of drug-likeness (QED) is 0.825. The van der Waals surface area contributed by atoms with Crippen molar-refractivity contribution < 1.29 is 22.5 Å². The van der Waals surface area contributed by atoms with Crippen LogP contribution < -0.4 is 10.8 Å². The van der Waals surface area contributed by atoms with Crippen molar-refractivity contribution in [2.75, 3.05) is 13.1 Å². The molecule has 3 rings (SSSR count). The molecule has 0 aromatic heterocycles. The van der Waals surface area contributed by atoms with Gasteiger partial charge in [0.1, 0.15) is 0 Å². The van der Waals surface area contributed by atoms with Gasteiger partial charge >= 0.3 is 13.3 Å². The third-order valence-corrected chi connectivity index (χ3v) is 5.69. The Labute approximate surface area is 147 Å². The van der Waals surface area contributed by atoms with Crippen molar-refractivity contribution in [1.29, 1.82) is 0 Å². The molecule has 2 aliphatic rings. The normalized spacial score (nSPS) is 23.9. The van der Waals surface area contributed by atoms with E-state index in [1.54, 1.807) is 6.07 Å². The maximum absolute atomic E-state index is 13.5. The second-order valence-electron chi connectivity index (χ2n) is 7.96. The van der Waals surface area contributed by atoms with Crippen LogP contribution >= 0.6 is 0 Å². The van der Waals surface area contributed by atoms with Crippen LogP contribution in [0, 0.1) is 0 Å². The van der Waals surface area contributed by atoms with E-state index in [2.05, 4.69) is 5.32 Å². The first-order valence-corrected chi connectivity index (χ1v) is 8.79. The van der Waals surface area contributed by atoms with Crippen LogP contribution in [-0.4, -0.2) is 31.4 Å². The predicted octanol–water partition coefficient (Wildman–Crippen LogP) is 3.47. The molecule has 2 fully saturated rings. The molecule has 0 unspecified atom stereocenters. The first-order valence-electron chi connectivity index (χ1n) is 8.79. The number of hydrogen-bond acceptors (Lipinski definition) is 3. The zero-order valence-corrected chi connectivity index (χ0v) is 15.2. The van der Waals surface area contributed by atoms with Crippen molar-refractivity contribution in [3.63, 3.8) is 0 Å². The number of rotatable bonds is 2. The van der Waals surface area contributed by atoms with Crippen LogP contribution in [0.5, 0.6) is 0 Å². The molecule has 1 aromatic rings. The molecule has 3 nitrogen and oxygen atoms in total. The average Bonchev–Trinajstić information content (AvgIpc) is 2.75. The van der Waals surface area contributed by atoms with E-state index < -0.39 is 30.1 Å². The fraction of sp³-hybridized carbons (Fsp3) is 0.667.